The van der Waals surface area contributed by atoms with Gasteiger partial charge in [0.05, 0.1) is 18.6 Å². The molecule has 0 aromatic heterocycles. The molecule has 0 aromatic carbocycles. The van der Waals surface area contributed by atoms with Gasteiger partial charge in [-0.2, -0.15) is 0 Å². The van der Waals surface area contributed by atoms with Gasteiger partial charge in [0.1, 0.15) is 0 Å². The Bertz CT molecular complexity index is 316. The van der Waals surface area contributed by atoms with Crippen LogP contribution in [-0.2, 0) is 9.53 Å². The SMILES string of the molecule is CCOC(=O)C1CCN([C@H]2CCC[C@H](NC)[C@@H]2O)CC1. The van der Waals surface area contributed by atoms with Crippen molar-refractivity contribution in [1.82, 2.24) is 10.2 Å². The van der Waals surface area contributed by atoms with E-state index in [-0.39, 0.29) is 30.1 Å². The van der Waals surface area contributed by atoms with Crippen LogP contribution in [0, 0.1) is 5.92 Å². The van der Waals surface area contributed by atoms with Gasteiger partial charge in [0.25, 0.3) is 0 Å². The molecule has 1 aliphatic heterocycles. The van der Waals surface area contributed by atoms with Crippen molar-refractivity contribution in [3.05, 3.63) is 0 Å². The third kappa shape index (κ3) is 3.51. The van der Waals surface area contributed by atoms with E-state index in [2.05, 4.69) is 10.2 Å². The van der Waals surface area contributed by atoms with Gasteiger partial charge in [-0.25, -0.2) is 0 Å². The van der Waals surface area contributed by atoms with Crippen molar-refractivity contribution in [2.24, 2.45) is 5.92 Å². The lowest BCUT2D eigenvalue weighted by molar-refractivity contribution is -0.150. The second-order valence-corrected chi connectivity index (χ2v) is 5.95. The van der Waals surface area contributed by atoms with E-state index in [1.165, 1.54) is 0 Å². The summed E-state index contributed by atoms with van der Waals surface area (Å²) in [5.41, 5.74) is 0. The third-order valence-electron chi connectivity index (χ3n) is 4.81. The smallest absolute Gasteiger partial charge is 0.309 e. The van der Waals surface area contributed by atoms with Crippen LogP contribution in [0.1, 0.15) is 39.0 Å². The number of aliphatic hydroxyl groups excluding tert-OH is 1. The molecular formula is C15H28N2O3. The van der Waals surface area contributed by atoms with Crippen molar-refractivity contribution in [2.45, 2.75) is 57.2 Å². The van der Waals surface area contributed by atoms with Crippen LogP contribution in [0.15, 0.2) is 0 Å². The lowest BCUT2D eigenvalue weighted by atomic mass is 9.85. The predicted molar refractivity (Wildman–Crippen MR) is 77.4 cm³/mol. The van der Waals surface area contributed by atoms with Crippen LogP contribution in [0.2, 0.25) is 0 Å². The summed E-state index contributed by atoms with van der Waals surface area (Å²) >= 11 is 0. The second-order valence-electron chi connectivity index (χ2n) is 5.95. The monoisotopic (exact) mass is 284 g/mol. The maximum absolute atomic E-state index is 11.7. The number of ether oxygens (including phenoxy) is 1. The molecule has 2 N–H and O–H groups in total. The molecule has 0 spiro atoms. The quantitative estimate of drug-likeness (QED) is 0.747. The Morgan fingerprint density at radius 3 is 2.60 bits per heavy atom. The normalized spacial score (nSPS) is 33.0. The number of nitrogens with one attached hydrogen (secondary N) is 1. The molecule has 116 valence electrons. The topological polar surface area (TPSA) is 61.8 Å². The summed E-state index contributed by atoms with van der Waals surface area (Å²) in [6, 6.07) is 0.445. The van der Waals surface area contributed by atoms with Gasteiger partial charge < -0.3 is 15.2 Å². The first-order valence-corrected chi connectivity index (χ1v) is 7.93. The first-order chi connectivity index (χ1) is 9.67. The molecule has 2 rings (SSSR count). The molecule has 3 atom stereocenters. The number of piperidine rings is 1. The standard InChI is InChI=1S/C15H28N2O3/c1-3-20-15(19)11-7-9-17(10-8-11)13-6-4-5-12(16-2)14(13)18/h11-14,16,18H,3-10H2,1-2H3/t12-,13-,14-/m0/s1. The van der Waals surface area contributed by atoms with Gasteiger partial charge >= 0.3 is 5.97 Å². The number of aliphatic hydroxyl groups is 1. The zero-order valence-corrected chi connectivity index (χ0v) is 12.7. The van der Waals surface area contributed by atoms with Gasteiger partial charge in [-0.3, -0.25) is 9.69 Å². The zero-order valence-electron chi connectivity index (χ0n) is 12.7. The molecule has 0 unspecified atom stereocenters. The number of carbonyl (C=O) groups excluding carboxylic acids is 1. The number of likely N-dealkylation sites (tertiary alicyclic amines) is 1. The van der Waals surface area contributed by atoms with Crippen LogP contribution in [0.3, 0.4) is 0 Å². The summed E-state index contributed by atoms with van der Waals surface area (Å²) in [6.45, 7) is 4.09. The lowest BCUT2D eigenvalue weighted by Crippen LogP contribution is -2.56. The van der Waals surface area contributed by atoms with Gasteiger partial charge in [0.15, 0.2) is 0 Å². The Hall–Kier alpha value is -0.650. The molecule has 0 amide bonds. The van der Waals surface area contributed by atoms with Crippen LogP contribution in [-0.4, -0.2) is 60.9 Å². The van der Waals surface area contributed by atoms with Crippen molar-refractivity contribution in [2.75, 3.05) is 26.7 Å². The van der Waals surface area contributed by atoms with E-state index < -0.39 is 0 Å². The number of esters is 1. The zero-order chi connectivity index (χ0) is 14.5. The average molecular weight is 284 g/mol. The number of hydrogen-bond donors (Lipinski definition) is 2. The van der Waals surface area contributed by atoms with Gasteiger partial charge in [-0.1, -0.05) is 6.42 Å². The van der Waals surface area contributed by atoms with E-state index in [9.17, 15) is 9.90 Å². The highest BCUT2D eigenvalue weighted by Crippen LogP contribution is 2.28. The minimum Gasteiger partial charge on any atom is -0.466 e. The van der Waals surface area contributed by atoms with Gasteiger partial charge in [-0.05, 0) is 52.7 Å². The number of rotatable bonds is 4. The van der Waals surface area contributed by atoms with Crippen LogP contribution < -0.4 is 5.32 Å². The van der Waals surface area contributed by atoms with Crippen molar-refractivity contribution in [3.63, 3.8) is 0 Å². The molecule has 0 radical (unpaired) electrons. The highest BCUT2D eigenvalue weighted by Gasteiger charge is 2.37. The van der Waals surface area contributed by atoms with Crippen molar-refractivity contribution in [1.29, 1.82) is 0 Å². The molecule has 2 aliphatic rings. The van der Waals surface area contributed by atoms with E-state index in [1.807, 2.05) is 14.0 Å². The predicted octanol–water partition coefficient (Wildman–Crippen LogP) is 0.763. The van der Waals surface area contributed by atoms with E-state index in [4.69, 9.17) is 4.74 Å². The number of nitrogens with zero attached hydrogens (tertiary/aromatic N) is 1. The summed E-state index contributed by atoms with van der Waals surface area (Å²) in [5, 5.41) is 13.7. The summed E-state index contributed by atoms with van der Waals surface area (Å²) in [5.74, 6) is -0.00326. The van der Waals surface area contributed by atoms with Gasteiger partial charge in [-0.15, -0.1) is 0 Å². The Kier molecular flexibility index (Phi) is 5.81. The molecule has 2 fully saturated rings. The van der Waals surface area contributed by atoms with Crippen LogP contribution in [0.4, 0.5) is 0 Å². The molecule has 5 nitrogen and oxygen atoms in total. The van der Waals surface area contributed by atoms with E-state index in [1.54, 1.807) is 0 Å². The molecular weight excluding hydrogens is 256 g/mol. The molecule has 5 heteroatoms. The summed E-state index contributed by atoms with van der Waals surface area (Å²) < 4.78 is 5.10. The summed E-state index contributed by atoms with van der Waals surface area (Å²) in [6.07, 6.45) is 4.67. The third-order valence-corrected chi connectivity index (χ3v) is 4.81. The molecule has 1 saturated carbocycles. The number of likely N-dealkylation sites (N-methyl/N-ethyl adjacent to an activating group) is 1. The molecule has 0 aromatic rings. The van der Waals surface area contributed by atoms with Crippen molar-refractivity contribution < 1.29 is 14.6 Å². The highest BCUT2D eigenvalue weighted by molar-refractivity contribution is 5.72. The number of carbonyl (C=O) groups is 1. The summed E-state index contributed by atoms with van der Waals surface area (Å²) in [4.78, 5) is 14.1. The Morgan fingerprint density at radius 1 is 1.30 bits per heavy atom. The molecule has 1 saturated heterocycles. The van der Waals surface area contributed by atoms with Gasteiger partial charge in [0.2, 0.25) is 0 Å². The number of hydrogen-bond acceptors (Lipinski definition) is 5. The minimum absolute atomic E-state index is 0.0482. The van der Waals surface area contributed by atoms with E-state index in [0.29, 0.717) is 6.61 Å². The van der Waals surface area contributed by atoms with Crippen LogP contribution in [0.5, 0.6) is 0 Å². The fourth-order valence-corrected chi connectivity index (χ4v) is 3.60. The molecule has 0 bridgehead atoms. The maximum Gasteiger partial charge on any atom is 0.309 e. The van der Waals surface area contributed by atoms with E-state index in [0.717, 1.165) is 45.2 Å². The Morgan fingerprint density at radius 2 is 2.00 bits per heavy atom. The van der Waals surface area contributed by atoms with E-state index >= 15 is 0 Å². The first-order valence-electron chi connectivity index (χ1n) is 7.93. The lowest BCUT2D eigenvalue weighted by Gasteiger charge is -2.43. The highest BCUT2D eigenvalue weighted by atomic mass is 16.5. The Balaban J connectivity index is 1.85. The fraction of sp³-hybridized carbons (Fsp3) is 0.933. The van der Waals surface area contributed by atoms with Crippen molar-refractivity contribution in [3.8, 4) is 0 Å². The average Bonchev–Trinajstić information content (AvgIpc) is 2.48. The molecule has 1 heterocycles. The molecule has 20 heavy (non-hydrogen) atoms. The van der Waals surface area contributed by atoms with Crippen LogP contribution >= 0.6 is 0 Å². The second kappa shape index (κ2) is 7.38. The largest absolute Gasteiger partial charge is 0.466 e. The fourth-order valence-electron chi connectivity index (χ4n) is 3.60. The maximum atomic E-state index is 11.7. The van der Waals surface area contributed by atoms with Crippen molar-refractivity contribution >= 4 is 5.97 Å². The summed E-state index contributed by atoms with van der Waals surface area (Å²) in [7, 11) is 1.92. The molecule has 1 aliphatic carbocycles. The first kappa shape index (κ1) is 15.7. The Labute approximate surface area is 121 Å². The van der Waals surface area contributed by atoms with Crippen LogP contribution in [0.25, 0.3) is 0 Å². The minimum atomic E-state index is -0.298. The van der Waals surface area contributed by atoms with Gasteiger partial charge in [0, 0.05) is 12.1 Å².